The summed E-state index contributed by atoms with van der Waals surface area (Å²) < 4.78 is 1.18. The summed E-state index contributed by atoms with van der Waals surface area (Å²) in [5.41, 5.74) is 1.50. The molecule has 2 heteroatoms. The van der Waals surface area contributed by atoms with E-state index in [9.17, 15) is 0 Å². The molecule has 1 saturated carbocycles. The number of halogens is 2. The maximum Gasteiger partial charge on any atom is 0.0175 e. The lowest BCUT2D eigenvalue weighted by atomic mass is 9.92. The molecule has 1 aromatic rings. The molecule has 0 spiro atoms. The third-order valence-corrected chi connectivity index (χ3v) is 4.56. The van der Waals surface area contributed by atoms with Crippen molar-refractivity contribution in [2.24, 2.45) is 0 Å². The van der Waals surface area contributed by atoms with Gasteiger partial charge in [0.1, 0.15) is 0 Å². The fourth-order valence-electron chi connectivity index (χ4n) is 2.34. The normalized spacial score (nSPS) is 27.3. The first-order chi connectivity index (χ1) is 7.25. The zero-order valence-electron chi connectivity index (χ0n) is 8.76. The van der Waals surface area contributed by atoms with E-state index < -0.39 is 0 Å². The summed E-state index contributed by atoms with van der Waals surface area (Å²) in [6.45, 7) is 0. The van der Waals surface area contributed by atoms with Crippen LogP contribution in [0.5, 0.6) is 0 Å². The molecule has 0 amide bonds. The summed E-state index contributed by atoms with van der Waals surface area (Å²) in [5, 5.41) is 0. The van der Waals surface area contributed by atoms with Crippen LogP contribution in [-0.4, -0.2) is 4.83 Å². The Morgan fingerprint density at radius 3 is 2.40 bits per heavy atom. The van der Waals surface area contributed by atoms with Gasteiger partial charge in [0.25, 0.3) is 0 Å². The first-order valence-corrected chi connectivity index (χ1v) is 7.36. The Labute approximate surface area is 109 Å². The summed E-state index contributed by atoms with van der Waals surface area (Å²) in [6.07, 6.45) is 6.74. The predicted molar refractivity (Wildman–Crippen MR) is 72.7 cm³/mol. The van der Waals surface area contributed by atoms with Crippen molar-refractivity contribution in [3.05, 3.63) is 34.3 Å². The minimum atomic E-state index is 0.716. The van der Waals surface area contributed by atoms with Crippen molar-refractivity contribution in [1.82, 2.24) is 0 Å². The molecule has 2 rings (SSSR count). The summed E-state index contributed by atoms with van der Waals surface area (Å²) in [7, 11) is 0. The van der Waals surface area contributed by atoms with E-state index in [-0.39, 0.29) is 0 Å². The molecule has 0 aromatic heterocycles. The lowest BCUT2D eigenvalue weighted by Crippen LogP contribution is -2.03. The van der Waals surface area contributed by atoms with E-state index in [0.29, 0.717) is 4.83 Å². The molecule has 1 fully saturated rings. The highest BCUT2D eigenvalue weighted by atomic mass is 79.9. The quantitative estimate of drug-likeness (QED) is 0.486. The Morgan fingerprint density at radius 1 is 1.00 bits per heavy atom. The van der Waals surface area contributed by atoms with E-state index in [1.165, 1.54) is 42.1 Å². The minimum absolute atomic E-state index is 0.716. The number of benzene rings is 1. The Bertz CT molecular complexity index is 305. The fraction of sp³-hybridized carbons (Fsp3) is 0.538. The van der Waals surface area contributed by atoms with Crippen LogP contribution in [0.25, 0.3) is 0 Å². The minimum Gasteiger partial charge on any atom is -0.0890 e. The van der Waals surface area contributed by atoms with Gasteiger partial charge in [-0.3, -0.25) is 0 Å². The van der Waals surface area contributed by atoms with Crippen LogP contribution in [0.4, 0.5) is 0 Å². The van der Waals surface area contributed by atoms with Crippen LogP contribution >= 0.6 is 31.9 Å². The first-order valence-electron chi connectivity index (χ1n) is 5.65. The third kappa shape index (κ3) is 3.32. The largest absolute Gasteiger partial charge is 0.0890 e. The van der Waals surface area contributed by atoms with E-state index in [4.69, 9.17) is 0 Å². The molecule has 0 bridgehead atoms. The average molecular weight is 332 g/mol. The molecule has 0 heterocycles. The highest BCUT2D eigenvalue weighted by Crippen LogP contribution is 2.34. The first kappa shape index (κ1) is 11.7. The van der Waals surface area contributed by atoms with E-state index in [1.54, 1.807) is 0 Å². The van der Waals surface area contributed by atoms with Crippen molar-refractivity contribution in [1.29, 1.82) is 0 Å². The van der Waals surface area contributed by atoms with E-state index in [2.05, 4.69) is 56.1 Å². The van der Waals surface area contributed by atoms with Crippen molar-refractivity contribution >= 4 is 31.9 Å². The lowest BCUT2D eigenvalue weighted by molar-refractivity contribution is 0.600. The Hall–Kier alpha value is 0.180. The molecule has 1 aliphatic carbocycles. The second-order valence-electron chi connectivity index (χ2n) is 4.37. The molecular formula is C13H16Br2. The molecule has 0 nitrogen and oxygen atoms in total. The van der Waals surface area contributed by atoms with Crippen molar-refractivity contribution in [3.63, 3.8) is 0 Å². The molecule has 1 aromatic carbocycles. The fourth-order valence-corrected chi connectivity index (χ4v) is 3.38. The van der Waals surface area contributed by atoms with Gasteiger partial charge in [0.05, 0.1) is 0 Å². The Balaban J connectivity index is 2.11. The monoisotopic (exact) mass is 330 g/mol. The van der Waals surface area contributed by atoms with E-state index >= 15 is 0 Å². The Kier molecular flexibility index (Phi) is 4.27. The average Bonchev–Trinajstić information content (AvgIpc) is 2.44. The van der Waals surface area contributed by atoms with E-state index in [1.807, 2.05) is 0 Å². The second kappa shape index (κ2) is 5.49. The van der Waals surface area contributed by atoms with Gasteiger partial charge >= 0.3 is 0 Å². The van der Waals surface area contributed by atoms with Crippen LogP contribution in [-0.2, 0) is 0 Å². The molecule has 0 saturated heterocycles. The molecule has 82 valence electrons. The van der Waals surface area contributed by atoms with Crippen molar-refractivity contribution in [2.45, 2.75) is 42.8 Å². The van der Waals surface area contributed by atoms with Crippen molar-refractivity contribution < 1.29 is 0 Å². The zero-order valence-corrected chi connectivity index (χ0v) is 11.9. The highest BCUT2D eigenvalue weighted by Gasteiger charge is 2.19. The van der Waals surface area contributed by atoms with Gasteiger partial charge in [-0.2, -0.15) is 0 Å². The van der Waals surface area contributed by atoms with Gasteiger partial charge in [0.2, 0.25) is 0 Å². The molecule has 2 atom stereocenters. The van der Waals surface area contributed by atoms with Crippen molar-refractivity contribution in [2.75, 3.05) is 0 Å². The topological polar surface area (TPSA) is 0 Å². The van der Waals surface area contributed by atoms with Crippen LogP contribution in [0.2, 0.25) is 0 Å². The summed E-state index contributed by atoms with van der Waals surface area (Å²) in [6, 6.07) is 8.84. The number of rotatable bonds is 1. The lowest BCUT2D eigenvalue weighted by Gasteiger charge is -2.16. The standard InChI is InChI=1S/C13H16Br2/c14-12-7-5-10(6-8-12)11-3-1-2-4-13(15)9-11/h5-8,11,13H,1-4,9H2. The predicted octanol–water partition coefficient (Wildman–Crippen LogP) is 5.26. The van der Waals surface area contributed by atoms with Gasteiger partial charge < -0.3 is 0 Å². The third-order valence-electron chi connectivity index (χ3n) is 3.20. The van der Waals surface area contributed by atoms with Crippen LogP contribution in [0.15, 0.2) is 28.7 Å². The van der Waals surface area contributed by atoms with Gasteiger partial charge in [-0.05, 0) is 42.9 Å². The summed E-state index contributed by atoms with van der Waals surface area (Å²) in [5.74, 6) is 0.755. The molecule has 0 aliphatic heterocycles. The van der Waals surface area contributed by atoms with Gasteiger partial charge in [-0.25, -0.2) is 0 Å². The number of hydrogen-bond donors (Lipinski definition) is 0. The highest BCUT2D eigenvalue weighted by molar-refractivity contribution is 9.10. The molecule has 0 radical (unpaired) electrons. The maximum absolute atomic E-state index is 3.78. The van der Waals surface area contributed by atoms with Crippen LogP contribution in [0, 0.1) is 0 Å². The van der Waals surface area contributed by atoms with Gasteiger partial charge in [0, 0.05) is 9.30 Å². The number of hydrogen-bond acceptors (Lipinski definition) is 0. The SMILES string of the molecule is Brc1ccc(C2CCCCC(Br)C2)cc1. The molecule has 2 unspecified atom stereocenters. The molecule has 15 heavy (non-hydrogen) atoms. The van der Waals surface area contributed by atoms with Crippen molar-refractivity contribution in [3.8, 4) is 0 Å². The van der Waals surface area contributed by atoms with Crippen LogP contribution in [0.1, 0.15) is 43.6 Å². The summed E-state index contributed by atoms with van der Waals surface area (Å²) >= 11 is 7.27. The smallest absolute Gasteiger partial charge is 0.0175 e. The van der Waals surface area contributed by atoms with Crippen LogP contribution < -0.4 is 0 Å². The van der Waals surface area contributed by atoms with Crippen LogP contribution in [0.3, 0.4) is 0 Å². The van der Waals surface area contributed by atoms with Gasteiger partial charge in [0.15, 0.2) is 0 Å². The second-order valence-corrected chi connectivity index (χ2v) is 6.58. The van der Waals surface area contributed by atoms with E-state index in [0.717, 1.165) is 5.92 Å². The van der Waals surface area contributed by atoms with Gasteiger partial charge in [-0.15, -0.1) is 0 Å². The maximum atomic E-state index is 3.78. The zero-order chi connectivity index (χ0) is 10.7. The molecule has 1 aliphatic rings. The summed E-state index contributed by atoms with van der Waals surface area (Å²) in [4.78, 5) is 0.716. The molecule has 0 N–H and O–H groups in total. The van der Waals surface area contributed by atoms with Gasteiger partial charge in [-0.1, -0.05) is 56.8 Å². The number of alkyl halides is 1. The Morgan fingerprint density at radius 2 is 1.67 bits per heavy atom. The molecular weight excluding hydrogens is 316 g/mol.